The largest absolute Gasteiger partial charge is 0.329 e. The average molecular weight is 254 g/mol. The second-order valence-corrected chi connectivity index (χ2v) is 6.33. The minimum Gasteiger partial charge on any atom is -0.329 e. The van der Waals surface area contributed by atoms with E-state index in [4.69, 9.17) is 5.73 Å². The molecule has 1 fully saturated rings. The van der Waals surface area contributed by atoms with Crippen molar-refractivity contribution in [2.24, 2.45) is 11.7 Å². The SMILES string of the molecule is CCCCC(CC)(CN)N(C)C1CCCCC1C. The van der Waals surface area contributed by atoms with Crippen molar-refractivity contribution in [3.63, 3.8) is 0 Å². The summed E-state index contributed by atoms with van der Waals surface area (Å²) in [7, 11) is 2.33. The molecule has 0 aromatic carbocycles. The van der Waals surface area contributed by atoms with Crippen LogP contribution in [0.25, 0.3) is 0 Å². The molecule has 0 saturated heterocycles. The van der Waals surface area contributed by atoms with Crippen LogP contribution in [0.15, 0.2) is 0 Å². The van der Waals surface area contributed by atoms with Crippen molar-refractivity contribution < 1.29 is 0 Å². The van der Waals surface area contributed by atoms with Gasteiger partial charge in [0.15, 0.2) is 0 Å². The first kappa shape index (κ1) is 16.0. The van der Waals surface area contributed by atoms with E-state index in [0.29, 0.717) is 0 Å². The fourth-order valence-electron chi connectivity index (χ4n) is 3.72. The van der Waals surface area contributed by atoms with E-state index in [9.17, 15) is 0 Å². The van der Waals surface area contributed by atoms with E-state index in [-0.39, 0.29) is 5.54 Å². The van der Waals surface area contributed by atoms with E-state index in [1.165, 1.54) is 51.4 Å². The standard InChI is InChI=1S/C16H34N2/c1-5-7-12-16(6-2,13-17)18(4)15-11-9-8-10-14(15)3/h14-15H,5-13,17H2,1-4H3. The van der Waals surface area contributed by atoms with Crippen molar-refractivity contribution in [3.05, 3.63) is 0 Å². The van der Waals surface area contributed by atoms with Crippen molar-refractivity contribution in [3.8, 4) is 0 Å². The lowest BCUT2D eigenvalue weighted by Crippen LogP contribution is -2.57. The maximum atomic E-state index is 6.17. The van der Waals surface area contributed by atoms with Gasteiger partial charge in [-0.05, 0) is 38.6 Å². The van der Waals surface area contributed by atoms with Crippen LogP contribution < -0.4 is 5.73 Å². The van der Waals surface area contributed by atoms with Gasteiger partial charge < -0.3 is 5.73 Å². The van der Waals surface area contributed by atoms with Crippen LogP contribution >= 0.6 is 0 Å². The predicted octanol–water partition coefficient (Wildman–Crippen LogP) is 3.79. The van der Waals surface area contributed by atoms with Crippen molar-refractivity contribution in [2.75, 3.05) is 13.6 Å². The molecule has 1 saturated carbocycles. The van der Waals surface area contributed by atoms with Crippen LogP contribution in [0, 0.1) is 5.92 Å². The molecule has 2 N–H and O–H groups in total. The third-order valence-electron chi connectivity index (χ3n) is 5.35. The Bertz CT molecular complexity index is 223. The Hall–Kier alpha value is -0.0800. The number of hydrogen-bond acceptors (Lipinski definition) is 2. The Kier molecular flexibility index (Phi) is 6.65. The van der Waals surface area contributed by atoms with E-state index in [0.717, 1.165) is 18.5 Å². The fraction of sp³-hybridized carbons (Fsp3) is 1.00. The Morgan fingerprint density at radius 3 is 2.39 bits per heavy atom. The highest BCUT2D eigenvalue weighted by Crippen LogP contribution is 2.34. The van der Waals surface area contributed by atoms with Crippen molar-refractivity contribution >= 4 is 0 Å². The fourth-order valence-corrected chi connectivity index (χ4v) is 3.72. The van der Waals surface area contributed by atoms with Crippen molar-refractivity contribution in [1.29, 1.82) is 0 Å². The van der Waals surface area contributed by atoms with Gasteiger partial charge in [0.25, 0.3) is 0 Å². The summed E-state index contributed by atoms with van der Waals surface area (Å²) in [5.41, 5.74) is 6.41. The van der Waals surface area contributed by atoms with Gasteiger partial charge in [-0.25, -0.2) is 0 Å². The second-order valence-electron chi connectivity index (χ2n) is 6.33. The van der Waals surface area contributed by atoms with Crippen LogP contribution in [0.2, 0.25) is 0 Å². The first-order chi connectivity index (χ1) is 8.61. The third kappa shape index (κ3) is 3.48. The van der Waals surface area contributed by atoms with E-state index in [1.54, 1.807) is 0 Å². The van der Waals surface area contributed by atoms with Gasteiger partial charge in [0, 0.05) is 18.1 Å². The normalized spacial score (nSPS) is 28.3. The Balaban J connectivity index is 2.76. The monoisotopic (exact) mass is 254 g/mol. The molecule has 0 aromatic rings. The summed E-state index contributed by atoms with van der Waals surface area (Å²) in [6.07, 6.45) is 10.6. The Morgan fingerprint density at radius 1 is 1.22 bits per heavy atom. The molecule has 3 atom stereocenters. The molecular formula is C16H34N2. The first-order valence-corrected chi connectivity index (χ1v) is 8.04. The maximum Gasteiger partial charge on any atom is 0.0329 e. The molecule has 0 radical (unpaired) electrons. The summed E-state index contributed by atoms with van der Waals surface area (Å²) in [5, 5.41) is 0. The van der Waals surface area contributed by atoms with Crippen LogP contribution in [-0.2, 0) is 0 Å². The quantitative estimate of drug-likeness (QED) is 0.749. The van der Waals surface area contributed by atoms with E-state index in [2.05, 4.69) is 32.7 Å². The molecule has 1 aliphatic rings. The zero-order valence-electron chi connectivity index (χ0n) is 13.0. The number of hydrogen-bond donors (Lipinski definition) is 1. The second kappa shape index (κ2) is 7.49. The number of likely N-dealkylation sites (N-methyl/N-ethyl adjacent to an activating group) is 1. The number of rotatable bonds is 7. The molecule has 0 heterocycles. The van der Waals surface area contributed by atoms with Crippen LogP contribution in [0.5, 0.6) is 0 Å². The third-order valence-corrected chi connectivity index (χ3v) is 5.35. The Morgan fingerprint density at radius 2 is 1.89 bits per heavy atom. The van der Waals surface area contributed by atoms with Gasteiger partial charge in [-0.3, -0.25) is 4.90 Å². The summed E-state index contributed by atoms with van der Waals surface area (Å²) in [6, 6.07) is 0.749. The topological polar surface area (TPSA) is 29.3 Å². The van der Waals surface area contributed by atoms with Gasteiger partial charge in [-0.1, -0.05) is 46.5 Å². The molecule has 0 bridgehead atoms. The van der Waals surface area contributed by atoms with Crippen LogP contribution in [0.4, 0.5) is 0 Å². The molecule has 2 nitrogen and oxygen atoms in total. The Labute approximate surface area is 114 Å². The van der Waals surface area contributed by atoms with Gasteiger partial charge in [0.2, 0.25) is 0 Å². The maximum absolute atomic E-state index is 6.17. The molecule has 1 rings (SSSR count). The molecule has 108 valence electrons. The van der Waals surface area contributed by atoms with Gasteiger partial charge in [0.05, 0.1) is 0 Å². The molecule has 18 heavy (non-hydrogen) atoms. The summed E-state index contributed by atoms with van der Waals surface area (Å²) in [5.74, 6) is 0.836. The van der Waals surface area contributed by atoms with E-state index >= 15 is 0 Å². The molecule has 3 unspecified atom stereocenters. The molecule has 0 amide bonds. The first-order valence-electron chi connectivity index (χ1n) is 8.04. The lowest BCUT2D eigenvalue weighted by atomic mass is 9.80. The van der Waals surface area contributed by atoms with Crippen molar-refractivity contribution in [2.45, 2.75) is 83.7 Å². The molecule has 0 spiro atoms. The summed E-state index contributed by atoms with van der Waals surface area (Å²) in [6.45, 7) is 7.83. The summed E-state index contributed by atoms with van der Waals surface area (Å²) in [4.78, 5) is 2.66. The zero-order chi connectivity index (χ0) is 13.6. The van der Waals surface area contributed by atoms with E-state index < -0.39 is 0 Å². The minimum atomic E-state index is 0.242. The summed E-state index contributed by atoms with van der Waals surface area (Å²) < 4.78 is 0. The van der Waals surface area contributed by atoms with Crippen LogP contribution in [-0.4, -0.2) is 30.1 Å². The predicted molar refractivity (Wildman–Crippen MR) is 80.8 cm³/mol. The van der Waals surface area contributed by atoms with Gasteiger partial charge in [-0.2, -0.15) is 0 Å². The average Bonchev–Trinajstić information content (AvgIpc) is 2.41. The van der Waals surface area contributed by atoms with Crippen LogP contribution in [0.1, 0.15) is 72.1 Å². The number of nitrogens with two attached hydrogens (primary N) is 1. The minimum absolute atomic E-state index is 0.242. The molecule has 1 aliphatic carbocycles. The number of unbranched alkanes of at least 4 members (excludes halogenated alkanes) is 1. The van der Waals surface area contributed by atoms with E-state index in [1.807, 2.05) is 0 Å². The number of nitrogens with zero attached hydrogens (tertiary/aromatic N) is 1. The molecule has 2 heteroatoms. The lowest BCUT2D eigenvalue weighted by Gasteiger charge is -2.48. The summed E-state index contributed by atoms with van der Waals surface area (Å²) >= 11 is 0. The van der Waals surface area contributed by atoms with Crippen molar-refractivity contribution in [1.82, 2.24) is 4.90 Å². The molecule has 0 aromatic heterocycles. The zero-order valence-corrected chi connectivity index (χ0v) is 13.0. The van der Waals surface area contributed by atoms with Crippen LogP contribution in [0.3, 0.4) is 0 Å². The lowest BCUT2D eigenvalue weighted by molar-refractivity contribution is 0.0214. The highest BCUT2D eigenvalue weighted by Gasteiger charge is 2.37. The van der Waals surface area contributed by atoms with Gasteiger partial charge >= 0.3 is 0 Å². The molecular weight excluding hydrogens is 220 g/mol. The highest BCUT2D eigenvalue weighted by molar-refractivity contribution is 4.94. The van der Waals surface area contributed by atoms with Gasteiger partial charge in [-0.15, -0.1) is 0 Å². The smallest absolute Gasteiger partial charge is 0.0329 e. The highest BCUT2D eigenvalue weighted by atomic mass is 15.2. The molecule has 0 aliphatic heterocycles. The van der Waals surface area contributed by atoms with Gasteiger partial charge in [0.1, 0.15) is 0 Å².